The maximum absolute atomic E-state index is 12.5. The smallest absolute Gasteiger partial charge is 0.230 e. The van der Waals surface area contributed by atoms with E-state index >= 15 is 0 Å². The van der Waals surface area contributed by atoms with Crippen molar-refractivity contribution in [3.05, 3.63) is 24.3 Å². The molecule has 0 heterocycles. The fourth-order valence-electron chi connectivity index (χ4n) is 2.57. The lowest BCUT2D eigenvalue weighted by Gasteiger charge is -2.40. The van der Waals surface area contributed by atoms with E-state index in [0.717, 1.165) is 37.1 Å². The van der Waals surface area contributed by atoms with Crippen molar-refractivity contribution < 1.29 is 14.3 Å². The van der Waals surface area contributed by atoms with Gasteiger partial charge in [-0.25, -0.2) is 0 Å². The zero-order valence-corrected chi connectivity index (χ0v) is 13.8. The van der Waals surface area contributed by atoms with Gasteiger partial charge in [-0.15, -0.1) is 12.4 Å². The summed E-state index contributed by atoms with van der Waals surface area (Å²) in [7, 11) is 1.67. The SMILES string of the molecule is COCCC1(C(=O)Nc2ccc(OCCN)cc2)CCC1.Cl. The van der Waals surface area contributed by atoms with Gasteiger partial charge >= 0.3 is 0 Å². The Morgan fingerprint density at radius 2 is 1.95 bits per heavy atom. The van der Waals surface area contributed by atoms with Crippen LogP contribution in [0, 0.1) is 5.41 Å². The summed E-state index contributed by atoms with van der Waals surface area (Å²) in [6.45, 7) is 1.60. The monoisotopic (exact) mass is 328 g/mol. The maximum Gasteiger partial charge on any atom is 0.230 e. The predicted octanol–water partition coefficient (Wildman–Crippen LogP) is 2.59. The Balaban J connectivity index is 0.00000242. The summed E-state index contributed by atoms with van der Waals surface area (Å²) in [5.74, 6) is 0.859. The lowest BCUT2D eigenvalue weighted by atomic mass is 9.66. The maximum atomic E-state index is 12.5. The van der Waals surface area contributed by atoms with E-state index < -0.39 is 0 Å². The minimum absolute atomic E-state index is 0. The molecule has 0 aliphatic heterocycles. The number of hydrogen-bond acceptors (Lipinski definition) is 4. The highest BCUT2D eigenvalue weighted by atomic mass is 35.5. The van der Waals surface area contributed by atoms with Crippen LogP contribution in [0.3, 0.4) is 0 Å². The fraction of sp³-hybridized carbons (Fsp3) is 0.562. The normalized spacial score (nSPS) is 15.4. The average molecular weight is 329 g/mol. The van der Waals surface area contributed by atoms with E-state index in [-0.39, 0.29) is 23.7 Å². The molecule has 1 fully saturated rings. The second kappa shape index (κ2) is 8.98. The Labute approximate surface area is 138 Å². The van der Waals surface area contributed by atoms with Crippen molar-refractivity contribution in [3.63, 3.8) is 0 Å². The number of ether oxygens (including phenoxy) is 2. The van der Waals surface area contributed by atoms with Crippen molar-refractivity contribution in [2.45, 2.75) is 25.7 Å². The molecule has 1 aromatic carbocycles. The molecule has 1 saturated carbocycles. The van der Waals surface area contributed by atoms with Crippen LogP contribution in [-0.2, 0) is 9.53 Å². The van der Waals surface area contributed by atoms with Crippen molar-refractivity contribution in [2.24, 2.45) is 11.1 Å². The number of benzene rings is 1. The molecule has 0 aromatic heterocycles. The number of carbonyl (C=O) groups is 1. The second-order valence-corrected chi connectivity index (χ2v) is 5.49. The molecule has 2 rings (SSSR count). The lowest BCUT2D eigenvalue weighted by Crippen LogP contribution is -2.42. The van der Waals surface area contributed by atoms with E-state index in [4.69, 9.17) is 15.2 Å². The highest BCUT2D eigenvalue weighted by Gasteiger charge is 2.43. The first-order chi connectivity index (χ1) is 10.2. The number of hydrogen-bond donors (Lipinski definition) is 2. The van der Waals surface area contributed by atoms with Crippen LogP contribution < -0.4 is 15.8 Å². The number of halogens is 1. The van der Waals surface area contributed by atoms with Crippen molar-refractivity contribution in [3.8, 4) is 5.75 Å². The molecule has 1 aliphatic rings. The van der Waals surface area contributed by atoms with Crippen LogP contribution in [0.4, 0.5) is 5.69 Å². The molecular formula is C16H25ClN2O3. The molecule has 22 heavy (non-hydrogen) atoms. The third-order valence-corrected chi connectivity index (χ3v) is 4.08. The molecule has 0 spiro atoms. The number of methoxy groups -OCH3 is 1. The van der Waals surface area contributed by atoms with Crippen molar-refractivity contribution in [1.29, 1.82) is 0 Å². The molecular weight excluding hydrogens is 304 g/mol. The Hall–Kier alpha value is -1.30. The van der Waals surface area contributed by atoms with E-state index in [2.05, 4.69) is 5.32 Å². The third-order valence-electron chi connectivity index (χ3n) is 4.08. The largest absolute Gasteiger partial charge is 0.492 e. The Kier molecular flexibility index (Phi) is 7.65. The Morgan fingerprint density at radius 3 is 2.45 bits per heavy atom. The van der Waals surface area contributed by atoms with E-state index in [1.807, 2.05) is 24.3 Å². The summed E-state index contributed by atoms with van der Waals surface area (Å²) in [5, 5.41) is 3.00. The molecule has 0 atom stereocenters. The van der Waals surface area contributed by atoms with E-state index in [9.17, 15) is 4.79 Å². The van der Waals surface area contributed by atoms with Crippen molar-refractivity contribution >= 4 is 24.0 Å². The summed E-state index contributed by atoms with van der Waals surface area (Å²) in [5.41, 5.74) is 5.94. The highest BCUT2D eigenvalue weighted by Crippen LogP contribution is 2.44. The van der Waals surface area contributed by atoms with Crippen LogP contribution in [-0.4, -0.2) is 32.8 Å². The Bertz CT molecular complexity index is 461. The second-order valence-electron chi connectivity index (χ2n) is 5.49. The van der Waals surface area contributed by atoms with Gasteiger partial charge in [0.05, 0.1) is 5.41 Å². The first-order valence-corrected chi connectivity index (χ1v) is 7.43. The van der Waals surface area contributed by atoms with E-state index in [1.165, 1.54) is 0 Å². The van der Waals surface area contributed by atoms with Gasteiger partial charge in [-0.3, -0.25) is 4.79 Å². The van der Waals surface area contributed by atoms with Crippen molar-refractivity contribution in [1.82, 2.24) is 0 Å². The minimum atomic E-state index is -0.245. The van der Waals surface area contributed by atoms with Crippen LogP contribution in [0.1, 0.15) is 25.7 Å². The predicted molar refractivity (Wildman–Crippen MR) is 89.6 cm³/mol. The number of nitrogens with one attached hydrogen (secondary N) is 1. The van der Waals surface area contributed by atoms with E-state index in [1.54, 1.807) is 7.11 Å². The number of carbonyl (C=O) groups excluding carboxylic acids is 1. The highest BCUT2D eigenvalue weighted by molar-refractivity contribution is 5.95. The van der Waals surface area contributed by atoms with Gasteiger partial charge in [-0.05, 0) is 43.5 Å². The van der Waals surface area contributed by atoms with Gasteiger partial charge in [0.2, 0.25) is 5.91 Å². The first kappa shape index (κ1) is 18.7. The van der Waals surface area contributed by atoms with Gasteiger partial charge in [0.1, 0.15) is 12.4 Å². The molecule has 5 nitrogen and oxygen atoms in total. The van der Waals surface area contributed by atoms with Crippen LogP contribution in [0.15, 0.2) is 24.3 Å². The molecule has 124 valence electrons. The summed E-state index contributed by atoms with van der Waals surface area (Å²) < 4.78 is 10.5. The summed E-state index contributed by atoms with van der Waals surface area (Å²) in [4.78, 5) is 12.5. The molecule has 0 unspecified atom stereocenters. The molecule has 1 aromatic rings. The van der Waals surface area contributed by atoms with Gasteiger partial charge in [0.25, 0.3) is 0 Å². The van der Waals surface area contributed by atoms with Crippen molar-refractivity contribution in [2.75, 3.05) is 32.2 Å². The van der Waals surface area contributed by atoms with Gasteiger partial charge in [-0.2, -0.15) is 0 Å². The van der Waals surface area contributed by atoms with Crippen LogP contribution >= 0.6 is 12.4 Å². The molecule has 6 heteroatoms. The number of rotatable bonds is 8. The number of nitrogens with two attached hydrogens (primary N) is 1. The van der Waals surface area contributed by atoms with E-state index in [0.29, 0.717) is 19.8 Å². The lowest BCUT2D eigenvalue weighted by molar-refractivity contribution is -0.131. The molecule has 0 saturated heterocycles. The average Bonchev–Trinajstić information content (AvgIpc) is 2.45. The standard InChI is InChI=1S/C16H24N2O3.ClH/c1-20-11-9-16(7-2-8-16)15(19)18-13-3-5-14(6-4-13)21-12-10-17;/h3-6H,2,7-12,17H2,1H3,(H,18,19);1H. The van der Waals surface area contributed by atoms with Gasteiger partial charge in [-0.1, -0.05) is 6.42 Å². The zero-order chi connectivity index (χ0) is 15.1. The topological polar surface area (TPSA) is 73.6 Å². The summed E-state index contributed by atoms with van der Waals surface area (Å²) in [6.07, 6.45) is 3.79. The van der Waals surface area contributed by atoms with Gasteiger partial charge in [0, 0.05) is 25.9 Å². The molecule has 0 radical (unpaired) electrons. The Morgan fingerprint density at radius 1 is 1.27 bits per heavy atom. The first-order valence-electron chi connectivity index (χ1n) is 7.43. The van der Waals surface area contributed by atoms with Crippen LogP contribution in [0.25, 0.3) is 0 Å². The molecule has 0 bridgehead atoms. The number of anilines is 1. The van der Waals surface area contributed by atoms with Gasteiger partial charge in [0.15, 0.2) is 0 Å². The summed E-state index contributed by atoms with van der Waals surface area (Å²) >= 11 is 0. The number of amides is 1. The molecule has 3 N–H and O–H groups in total. The molecule has 1 aliphatic carbocycles. The molecule has 1 amide bonds. The van der Waals surface area contributed by atoms with Gasteiger partial charge < -0.3 is 20.5 Å². The minimum Gasteiger partial charge on any atom is -0.492 e. The van der Waals surface area contributed by atoms with Crippen LogP contribution in [0.2, 0.25) is 0 Å². The third kappa shape index (κ3) is 4.60. The zero-order valence-electron chi connectivity index (χ0n) is 13.0. The van der Waals surface area contributed by atoms with Crippen LogP contribution in [0.5, 0.6) is 5.75 Å². The fourth-order valence-corrected chi connectivity index (χ4v) is 2.57. The summed E-state index contributed by atoms with van der Waals surface area (Å²) in [6, 6.07) is 7.39. The quantitative estimate of drug-likeness (QED) is 0.769.